The van der Waals surface area contributed by atoms with Crippen molar-refractivity contribution in [2.45, 2.75) is 52.1 Å². The van der Waals surface area contributed by atoms with Gasteiger partial charge >= 0.3 is 0 Å². The van der Waals surface area contributed by atoms with E-state index < -0.39 is 0 Å². The van der Waals surface area contributed by atoms with Gasteiger partial charge < -0.3 is 10.0 Å². The number of hydrogen-bond donors (Lipinski definition) is 1. The molecule has 0 aromatic heterocycles. The third-order valence-electron chi connectivity index (χ3n) is 4.69. The third kappa shape index (κ3) is 2.98. The molecule has 0 aromatic carbocycles. The van der Waals surface area contributed by atoms with Crippen LogP contribution in [0.4, 0.5) is 0 Å². The molecule has 2 nitrogen and oxygen atoms in total. The number of piperidine rings is 1. The van der Waals surface area contributed by atoms with Crippen molar-refractivity contribution >= 4 is 0 Å². The molecule has 0 aromatic rings. The molecule has 1 N–H and O–H groups in total. The van der Waals surface area contributed by atoms with Crippen LogP contribution in [0.2, 0.25) is 0 Å². The Bertz CT molecular complexity index is 209. The van der Waals surface area contributed by atoms with Gasteiger partial charge in [-0.3, -0.25) is 0 Å². The van der Waals surface area contributed by atoms with E-state index in [0.717, 1.165) is 24.8 Å². The van der Waals surface area contributed by atoms with Crippen LogP contribution in [0.1, 0.15) is 46.0 Å². The summed E-state index contributed by atoms with van der Waals surface area (Å²) in [6.45, 7) is 8.35. The van der Waals surface area contributed by atoms with Gasteiger partial charge in [-0.05, 0) is 56.5 Å². The molecule has 2 atom stereocenters. The topological polar surface area (TPSA) is 23.5 Å². The number of nitrogens with zero attached hydrogens (tertiary/aromatic N) is 1. The Hall–Kier alpha value is -0.0800. The molecule has 94 valence electrons. The van der Waals surface area contributed by atoms with Gasteiger partial charge in [0.2, 0.25) is 0 Å². The highest BCUT2D eigenvalue weighted by Gasteiger charge is 2.29. The summed E-state index contributed by atoms with van der Waals surface area (Å²) in [6.07, 6.45) is 6.22. The van der Waals surface area contributed by atoms with Crippen LogP contribution in [0.25, 0.3) is 0 Å². The molecule has 2 heteroatoms. The van der Waals surface area contributed by atoms with Gasteiger partial charge in [0.15, 0.2) is 0 Å². The minimum Gasteiger partial charge on any atom is -0.393 e. The summed E-state index contributed by atoms with van der Waals surface area (Å²) in [5.41, 5.74) is 0. The summed E-state index contributed by atoms with van der Waals surface area (Å²) in [6, 6.07) is 0. The predicted molar refractivity (Wildman–Crippen MR) is 67.3 cm³/mol. The molecule has 2 unspecified atom stereocenters. The van der Waals surface area contributed by atoms with Crippen molar-refractivity contribution in [3.8, 4) is 0 Å². The molecule has 1 heterocycles. The zero-order chi connectivity index (χ0) is 11.5. The molecule has 2 fully saturated rings. The van der Waals surface area contributed by atoms with Crippen molar-refractivity contribution in [1.29, 1.82) is 0 Å². The van der Waals surface area contributed by atoms with E-state index in [9.17, 15) is 5.11 Å². The summed E-state index contributed by atoms with van der Waals surface area (Å²) in [7, 11) is 0. The zero-order valence-electron chi connectivity index (χ0n) is 10.9. The number of aliphatic hydroxyl groups excluding tert-OH is 1. The van der Waals surface area contributed by atoms with Crippen molar-refractivity contribution < 1.29 is 5.11 Å². The summed E-state index contributed by atoms with van der Waals surface area (Å²) >= 11 is 0. The summed E-state index contributed by atoms with van der Waals surface area (Å²) in [5, 5.41) is 9.83. The van der Waals surface area contributed by atoms with Gasteiger partial charge in [-0.2, -0.15) is 0 Å². The first-order chi connectivity index (χ1) is 7.66. The van der Waals surface area contributed by atoms with Crippen molar-refractivity contribution in [2.24, 2.45) is 17.8 Å². The maximum Gasteiger partial charge on any atom is 0.0580 e. The molecule has 1 saturated heterocycles. The molecule has 0 bridgehead atoms. The Labute approximate surface area is 100 Å². The van der Waals surface area contributed by atoms with Crippen LogP contribution in [-0.2, 0) is 0 Å². The van der Waals surface area contributed by atoms with E-state index in [2.05, 4.69) is 18.7 Å². The highest BCUT2D eigenvalue weighted by molar-refractivity contribution is 4.82. The van der Waals surface area contributed by atoms with E-state index in [0.29, 0.717) is 5.92 Å². The van der Waals surface area contributed by atoms with E-state index in [1.807, 2.05) is 0 Å². The molecule has 1 saturated carbocycles. The van der Waals surface area contributed by atoms with Gasteiger partial charge in [-0.25, -0.2) is 0 Å². The monoisotopic (exact) mass is 225 g/mol. The predicted octanol–water partition coefficient (Wildman–Crippen LogP) is 2.52. The second-order valence-corrected chi connectivity index (χ2v) is 6.14. The minimum atomic E-state index is -0.0113. The first-order valence-electron chi connectivity index (χ1n) is 7.07. The van der Waals surface area contributed by atoms with Crippen molar-refractivity contribution in [2.75, 3.05) is 19.6 Å². The second-order valence-electron chi connectivity index (χ2n) is 6.14. The Balaban J connectivity index is 1.72. The van der Waals surface area contributed by atoms with Gasteiger partial charge in [0.05, 0.1) is 6.10 Å². The highest BCUT2D eigenvalue weighted by Crippen LogP contribution is 2.29. The summed E-state index contributed by atoms with van der Waals surface area (Å²) in [5.74, 6) is 2.35. The normalized spacial score (nSPS) is 33.8. The maximum absolute atomic E-state index is 9.83. The van der Waals surface area contributed by atoms with Crippen molar-refractivity contribution in [3.05, 3.63) is 0 Å². The first kappa shape index (κ1) is 12.4. The lowest BCUT2D eigenvalue weighted by Crippen LogP contribution is -2.39. The van der Waals surface area contributed by atoms with Gasteiger partial charge in [0.1, 0.15) is 0 Å². The number of rotatable bonds is 3. The quantitative estimate of drug-likeness (QED) is 0.798. The van der Waals surface area contributed by atoms with Crippen LogP contribution in [0.3, 0.4) is 0 Å². The van der Waals surface area contributed by atoms with Gasteiger partial charge in [0, 0.05) is 6.54 Å². The molecule has 0 spiro atoms. The van der Waals surface area contributed by atoms with E-state index in [1.54, 1.807) is 0 Å². The smallest absolute Gasteiger partial charge is 0.0580 e. The molecule has 2 rings (SSSR count). The number of likely N-dealkylation sites (tertiary alicyclic amines) is 1. The number of aliphatic hydroxyl groups is 1. The number of hydrogen-bond acceptors (Lipinski definition) is 2. The fraction of sp³-hybridized carbons (Fsp3) is 1.00. The Morgan fingerprint density at radius 2 is 1.81 bits per heavy atom. The maximum atomic E-state index is 9.83. The molecule has 2 aliphatic rings. The lowest BCUT2D eigenvalue weighted by atomic mass is 9.86. The lowest BCUT2D eigenvalue weighted by Gasteiger charge is -2.35. The molecule has 16 heavy (non-hydrogen) atoms. The van der Waals surface area contributed by atoms with E-state index in [-0.39, 0.29) is 6.10 Å². The molecule has 1 aliphatic heterocycles. The van der Waals surface area contributed by atoms with E-state index in [1.165, 1.54) is 38.8 Å². The fourth-order valence-electron chi connectivity index (χ4n) is 3.36. The summed E-state index contributed by atoms with van der Waals surface area (Å²) < 4.78 is 0. The zero-order valence-corrected chi connectivity index (χ0v) is 10.9. The van der Waals surface area contributed by atoms with Gasteiger partial charge in [0.25, 0.3) is 0 Å². The van der Waals surface area contributed by atoms with Gasteiger partial charge in [-0.1, -0.05) is 20.3 Å². The van der Waals surface area contributed by atoms with Crippen LogP contribution in [-0.4, -0.2) is 35.7 Å². The van der Waals surface area contributed by atoms with E-state index >= 15 is 0 Å². The van der Waals surface area contributed by atoms with Crippen LogP contribution >= 0.6 is 0 Å². The van der Waals surface area contributed by atoms with E-state index in [4.69, 9.17) is 0 Å². The molecular weight excluding hydrogens is 198 g/mol. The minimum absolute atomic E-state index is 0.0113. The Kier molecular flexibility index (Phi) is 4.26. The largest absolute Gasteiger partial charge is 0.393 e. The van der Waals surface area contributed by atoms with Crippen molar-refractivity contribution in [3.63, 3.8) is 0 Å². The Morgan fingerprint density at radius 1 is 1.12 bits per heavy atom. The average Bonchev–Trinajstić information content (AvgIpc) is 2.65. The summed E-state index contributed by atoms with van der Waals surface area (Å²) in [4.78, 5) is 2.58. The SMILES string of the molecule is CC(C)C1CCN(CC2CCCC2O)CC1. The average molecular weight is 225 g/mol. The fourth-order valence-corrected chi connectivity index (χ4v) is 3.36. The van der Waals surface area contributed by atoms with Crippen LogP contribution < -0.4 is 0 Å². The lowest BCUT2D eigenvalue weighted by molar-refractivity contribution is 0.0813. The molecule has 1 aliphatic carbocycles. The van der Waals surface area contributed by atoms with Crippen LogP contribution in [0.15, 0.2) is 0 Å². The van der Waals surface area contributed by atoms with Crippen LogP contribution in [0.5, 0.6) is 0 Å². The molecule has 0 amide bonds. The third-order valence-corrected chi connectivity index (χ3v) is 4.69. The first-order valence-corrected chi connectivity index (χ1v) is 7.07. The highest BCUT2D eigenvalue weighted by atomic mass is 16.3. The second kappa shape index (κ2) is 5.50. The molecule has 0 radical (unpaired) electrons. The van der Waals surface area contributed by atoms with Gasteiger partial charge in [-0.15, -0.1) is 0 Å². The van der Waals surface area contributed by atoms with Crippen molar-refractivity contribution in [1.82, 2.24) is 4.90 Å². The van der Waals surface area contributed by atoms with Crippen LogP contribution in [0, 0.1) is 17.8 Å². The molecular formula is C14H27NO. The Morgan fingerprint density at radius 3 is 2.31 bits per heavy atom. The standard InChI is InChI=1S/C14H27NO/c1-11(2)12-6-8-15(9-7-12)10-13-4-3-5-14(13)16/h11-14,16H,3-10H2,1-2H3.